The summed E-state index contributed by atoms with van der Waals surface area (Å²) in [6.07, 6.45) is 2.87. The van der Waals surface area contributed by atoms with E-state index in [0.29, 0.717) is 22.7 Å². The smallest absolute Gasteiger partial charge is 0.156 e. The Morgan fingerprint density at radius 1 is 0.784 bits per heavy atom. The molecule has 0 unspecified atom stereocenters. The molecule has 5 rings (SSSR count). The summed E-state index contributed by atoms with van der Waals surface area (Å²) in [7, 11) is 0. The van der Waals surface area contributed by atoms with Gasteiger partial charge in [-0.15, -0.1) is 22.6 Å². The molecule has 15 heteroatoms. The van der Waals surface area contributed by atoms with Crippen molar-refractivity contribution in [1.82, 2.24) is 39.4 Å². The van der Waals surface area contributed by atoms with E-state index in [1.165, 1.54) is 0 Å². The molecule has 37 heavy (non-hydrogen) atoms. The number of hydrogen-bond acceptors (Lipinski definition) is 9. The zero-order valence-electron chi connectivity index (χ0n) is 19.8. The molecule has 0 bridgehead atoms. The van der Waals surface area contributed by atoms with Gasteiger partial charge in [-0.3, -0.25) is 0 Å². The summed E-state index contributed by atoms with van der Waals surface area (Å²) in [6, 6.07) is 10.9. The van der Waals surface area contributed by atoms with Crippen LogP contribution in [0.4, 0.5) is 11.6 Å². The highest BCUT2D eigenvalue weighted by Crippen LogP contribution is 2.16. The number of imidazole rings is 2. The Hall–Kier alpha value is -2.68. The van der Waals surface area contributed by atoms with Crippen LogP contribution in [0.2, 0.25) is 0 Å². The fourth-order valence-electron chi connectivity index (χ4n) is 3.13. The number of carbonyl (C=O) groups excluding carboxylic acids is 1. The average molecular weight is 720 g/mol. The third kappa shape index (κ3) is 7.90. The topological polar surface area (TPSA) is 155 Å². The van der Waals surface area contributed by atoms with Gasteiger partial charge in [0, 0.05) is 6.42 Å². The Labute approximate surface area is 244 Å². The van der Waals surface area contributed by atoms with Crippen molar-refractivity contribution in [2.75, 3.05) is 11.5 Å². The first-order valence-corrected chi connectivity index (χ1v) is 13.2. The summed E-state index contributed by atoms with van der Waals surface area (Å²) in [5.41, 5.74) is 15.4. The van der Waals surface area contributed by atoms with E-state index in [0.717, 1.165) is 56.7 Å². The number of aryl methyl sites for hydroxylation is 2. The fraction of sp³-hybridized carbons (Fsp3) is 0.227. The summed E-state index contributed by atoms with van der Waals surface area (Å²) in [5.74, 6) is 1.06. The molecule has 0 aromatic carbocycles. The highest BCUT2D eigenvalue weighted by Gasteiger charge is 2.11. The van der Waals surface area contributed by atoms with Gasteiger partial charge in [0.05, 0.1) is 17.1 Å². The summed E-state index contributed by atoms with van der Waals surface area (Å²) in [4.78, 5) is 19.3. The molecule has 0 saturated heterocycles. The number of rotatable bonds is 4. The molecule has 196 valence electrons. The molecular formula is C22H24Br3ClN10O. The van der Waals surface area contributed by atoms with Crippen LogP contribution in [0, 0.1) is 0 Å². The molecule has 11 nitrogen and oxygen atoms in total. The van der Waals surface area contributed by atoms with Gasteiger partial charge in [-0.1, -0.05) is 13.8 Å². The van der Waals surface area contributed by atoms with Gasteiger partial charge in [0.15, 0.2) is 11.3 Å². The molecule has 0 amide bonds. The van der Waals surface area contributed by atoms with E-state index in [9.17, 15) is 4.79 Å². The standard InChI is InChI=1S/C10H10BrN3O.C8H9BrN4.C4H4BrN3.ClH/c1-2-7-8(5-6-15)14-10(12-7)4-3-9(11)13-14;1-2-5-8(10)13-7(11-5)4-3-6(9)12-13;5-3-1-2-4(6)8-7-3;/h3-4,6H,2,5H2,1H3;3-4H,2,10H2,1H3;1-2H,(H2,6,8);1H. The number of carbonyl (C=O) groups is 1. The van der Waals surface area contributed by atoms with Gasteiger partial charge in [0.2, 0.25) is 0 Å². The summed E-state index contributed by atoms with van der Waals surface area (Å²) in [6.45, 7) is 4.04. The number of aldehydes is 1. The highest BCUT2D eigenvalue weighted by molar-refractivity contribution is 9.11. The van der Waals surface area contributed by atoms with Crippen LogP contribution in [0.25, 0.3) is 11.3 Å². The number of halogens is 4. The van der Waals surface area contributed by atoms with Crippen LogP contribution in [0.5, 0.6) is 0 Å². The minimum absolute atomic E-state index is 0. The first-order chi connectivity index (χ1) is 17.3. The number of fused-ring (bicyclic) bond motifs is 2. The van der Waals surface area contributed by atoms with E-state index in [-0.39, 0.29) is 12.4 Å². The zero-order chi connectivity index (χ0) is 26.2. The number of nitrogens with two attached hydrogens (primary N) is 2. The van der Waals surface area contributed by atoms with Crippen molar-refractivity contribution in [2.24, 2.45) is 0 Å². The van der Waals surface area contributed by atoms with E-state index >= 15 is 0 Å². The number of hydrogen-bond donors (Lipinski definition) is 2. The monoisotopic (exact) mass is 716 g/mol. The van der Waals surface area contributed by atoms with Crippen molar-refractivity contribution in [1.29, 1.82) is 0 Å². The SMILES string of the molecule is CCc1nc2ccc(Br)nn2c1CC=O.CCc1nc2ccc(Br)nn2c1N.Cl.Nc1ccc(Br)nn1. The third-order valence-corrected chi connectivity index (χ3v) is 6.04. The second-order valence-corrected chi connectivity index (χ2v) is 9.60. The second-order valence-electron chi connectivity index (χ2n) is 7.16. The minimum atomic E-state index is 0. The lowest BCUT2D eigenvalue weighted by Crippen LogP contribution is -2.00. The average Bonchev–Trinajstić information content (AvgIpc) is 3.38. The van der Waals surface area contributed by atoms with Crippen LogP contribution in [0.3, 0.4) is 0 Å². The number of nitrogen functional groups attached to an aromatic ring is 2. The van der Waals surface area contributed by atoms with Gasteiger partial charge in [-0.05, 0) is 97.0 Å². The fourth-order valence-corrected chi connectivity index (χ4v) is 3.92. The Balaban J connectivity index is 0.000000201. The third-order valence-electron chi connectivity index (χ3n) is 4.78. The Kier molecular flexibility index (Phi) is 11.8. The molecule has 0 radical (unpaired) electrons. The lowest BCUT2D eigenvalue weighted by atomic mass is 10.2. The molecule has 0 atom stereocenters. The van der Waals surface area contributed by atoms with Crippen molar-refractivity contribution < 1.29 is 4.79 Å². The van der Waals surface area contributed by atoms with Gasteiger partial charge in [0.1, 0.15) is 31.7 Å². The molecule has 0 saturated carbocycles. The molecule has 0 aliphatic heterocycles. The quantitative estimate of drug-likeness (QED) is 0.252. The van der Waals surface area contributed by atoms with Gasteiger partial charge in [-0.25, -0.2) is 14.5 Å². The highest BCUT2D eigenvalue weighted by atomic mass is 79.9. The first kappa shape index (κ1) is 30.5. The first-order valence-electron chi connectivity index (χ1n) is 10.8. The number of nitrogens with zero attached hydrogens (tertiary/aromatic N) is 8. The summed E-state index contributed by atoms with van der Waals surface area (Å²) in [5, 5.41) is 15.6. The molecule has 5 heterocycles. The molecule has 5 aromatic rings. The van der Waals surface area contributed by atoms with E-state index in [1.807, 2.05) is 38.1 Å². The van der Waals surface area contributed by atoms with Crippen LogP contribution in [0.1, 0.15) is 30.9 Å². The Bertz CT molecular complexity index is 1450. The van der Waals surface area contributed by atoms with E-state index in [1.54, 1.807) is 21.2 Å². The van der Waals surface area contributed by atoms with Gasteiger partial charge in [0.25, 0.3) is 0 Å². The molecule has 0 aliphatic carbocycles. The number of anilines is 2. The van der Waals surface area contributed by atoms with Crippen LogP contribution in [-0.2, 0) is 24.1 Å². The van der Waals surface area contributed by atoms with E-state index in [4.69, 9.17) is 11.5 Å². The van der Waals surface area contributed by atoms with Crippen molar-refractivity contribution in [3.05, 3.63) is 67.3 Å². The normalized spacial score (nSPS) is 10.2. The van der Waals surface area contributed by atoms with Crippen LogP contribution < -0.4 is 11.5 Å². The summed E-state index contributed by atoms with van der Waals surface area (Å²) >= 11 is 9.70. The maximum absolute atomic E-state index is 10.6. The van der Waals surface area contributed by atoms with Crippen molar-refractivity contribution in [2.45, 2.75) is 33.1 Å². The van der Waals surface area contributed by atoms with Gasteiger partial charge < -0.3 is 16.3 Å². The van der Waals surface area contributed by atoms with Crippen LogP contribution >= 0.6 is 60.2 Å². The van der Waals surface area contributed by atoms with Crippen molar-refractivity contribution in [3.8, 4) is 0 Å². The predicted octanol–water partition coefficient (Wildman–Crippen LogP) is 4.68. The van der Waals surface area contributed by atoms with Gasteiger partial charge >= 0.3 is 0 Å². The van der Waals surface area contributed by atoms with Gasteiger partial charge in [-0.2, -0.15) is 14.7 Å². The lowest BCUT2D eigenvalue weighted by molar-refractivity contribution is -0.107. The van der Waals surface area contributed by atoms with Crippen molar-refractivity contribution >= 4 is 89.4 Å². The molecule has 0 spiro atoms. The van der Waals surface area contributed by atoms with E-state index in [2.05, 4.69) is 78.2 Å². The summed E-state index contributed by atoms with van der Waals surface area (Å²) < 4.78 is 5.56. The molecule has 0 fully saturated rings. The maximum Gasteiger partial charge on any atom is 0.156 e. The molecular weight excluding hydrogens is 695 g/mol. The number of aromatic nitrogens is 8. The lowest BCUT2D eigenvalue weighted by Gasteiger charge is -1.98. The largest absolute Gasteiger partial charge is 0.382 e. The van der Waals surface area contributed by atoms with Crippen LogP contribution in [0.15, 0.2) is 50.2 Å². The molecule has 0 aliphatic rings. The molecule has 5 aromatic heterocycles. The Morgan fingerprint density at radius 3 is 1.84 bits per heavy atom. The predicted molar refractivity (Wildman–Crippen MR) is 156 cm³/mol. The maximum atomic E-state index is 10.6. The van der Waals surface area contributed by atoms with Crippen molar-refractivity contribution in [3.63, 3.8) is 0 Å². The van der Waals surface area contributed by atoms with E-state index < -0.39 is 0 Å². The Morgan fingerprint density at radius 2 is 1.32 bits per heavy atom. The second kappa shape index (κ2) is 14.3. The zero-order valence-corrected chi connectivity index (χ0v) is 25.4. The van der Waals surface area contributed by atoms with Crippen LogP contribution in [-0.4, -0.2) is 45.7 Å². The minimum Gasteiger partial charge on any atom is -0.382 e. The molecule has 4 N–H and O–H groups in total.